The zero-order chi connectivity index (χ0) is 18.1. The summed E-state index contributed by atoms with van der Waals surface area (Å²) in [5, 5.41) is 0. The molecule has 5 heteroatoms. The summed E-state index contributed by atoms with van der Waals surface area (Å²) in [7, 11) is 2.78. The van der Waals surface area contributed by atoms with Crippen molar-refractivity contribution in [2.45, 2.75) is 0 Å². The average Bonchev–Trinajstić information content (AvgIpc) is 2.66. The zero-order valence-corrected chi connectivity index (χ0v) is 14.0. The van der Waals surface area contributed by atoms with E-state index in [-0.39, 0.29) is 0 Å². The largest absolute Gasteiger partial charge is 0.493 e. The van der Waals surface area contributed by atoms with Gasteiger partial charge in [0.15, 0.2) is 11.5 Å². The van der Waals surface area contributed by atoms with E-state index >= 15 is 0 Å². The lowest BCUT2D eigenvalue weighted by Gasteiger charge is -2.08. The molecular weight excluding hydrogens is 320 g/mol. The summed E-state index contributed by atoms with van der Waals surface area (Å²) in [5.74, 6) is -0.297. The maximum absolute atomic E-state index is 12.0. The Bertz CT molecular complexity index is 791. The van der Waals surface area contributed by atoms with Crippen molar-refractivity contribution in [1.29, 1.82) is 0 Å². The molecule has 2 rings (SSSR count). The Labute approximate surface area is 146 Å². The van der Waals surface area contributed by atoms with E-state index in [9.17, 15) is 9.59 Å². The molecule has 0 heterocycles. The molecule has 5 nitrogen and oxygen atoms in total. The van der Waals surface area contributed by atoms with Crippen molar-refractivity contribution < 1.29 is 23.8 Å². The normalized spacial score (nSPS) is 10.8. The van der Waals surface area contributed by atoms with Gasteiger partial charge in [-0.25, -0.2) is 9.59 Å². The van der Waals surface area contributed by atoms with Gasteiger partial charge in [0.1, 0.15) is 0 Å². The number of rotatable bonds is 6. The van der Waals surface area contributed by atoms with Crippen molar-refractivity contribution in [2.75, 3.05) is 14.2 Å². The first-order valence-electron chi connectivity index (χ1n) is 7.51. The summed E-state index contributed by atoms with van der Waals surface area (Å²) in [4.78, 5) is 23.1. The summed E-state index contributed by atoms with van der Waals surface area (Å²) in [6.07, 6.45) is 5.89. The number of hydrogen-bond acceptors (Lipinski definition) is 5. The molecule has 25 heavy (non-hydrogen) atoms. The lowest BCUT2D eigenvalue weighted by atomic mass is 10.2. The molecule has 0 aromatic heterocycles. The number of carbonyl (C=O) groups excluding carboxylic acids is 2. The van der Waals surface area contributed by atoms with Crippen LogP contribution in [0.5, 0.6) is 11.5 Å². The van der Waals surface area contributed by atoms with E-state index in [1.165, 1.54) is 26.4 Å². The zero-order valence-electron chi connectivity index (χ0n) is 14.0. The van der Waals surface area contributed by atoms with Gasteiger partial charge < -0.3 is 14.2 Å². The van der Waals surface area contributed by atoms with Crippen LogP contribution in [0.2, 0.25) is 0 Å². The second-order valence-corrected chi connectivity index (χ2v) is 4.93. The summed E-state index contributed by atoms with van der Waals surface area (Å²) in [5.41, 5.74) is 1.61. The van der Waals surface area contributed by atoms with E-state index < -0.39 is 11.9 Å². The van der Waals surface area contributed by atoms with E-state index in [4.69, 9.17) is 9.47 Å². The predicted octanol–water partition coefficient (Wildman–Crippen LogP) is 3.50. The van der Waals surface area contributed by atoms with Crippen molar-refractivity contribution in [3.05, 3.63) is 71.8 Å². The molecule has 2 aromatic carbocycles. The smallest absolute Gasteiger partial charge is 0.336 e. The van der Waals surface area contributed by atoms with Gasteiger partial charge in [-0.15, -0.1) is 0 Å². The summed E-state index contributed by atoms with van der Waals surface area (Å²) in [6, 6.07) is 14.4. The number of esters is 2. The molecule has 0 radical (unpaired) electrons. The van der Waals surface area contributed by atoms with Gasteiger partial charge in [-0.3, -0.25) is 0 Å². The molecule has 0 aliphatic rings. The topological polar surface area (TPSA) is 61.8 Å². The summed E-state index contributed by atoms with van der Waals surface area (Å²) in [6.45, 7) is 0. The van der Waals surface area contributed by atoms with Crippen LogP contribution in [-0.4, -0.2) is 26.2 Å². The van der Waals surface area contributed by atoms with Gasteiger partial charge in [-0.2, -0.15) is 0 Å². The molecule has 0 atom stereocenters. The van der Waals surface area contributed by atoms with E-state index in [1.54, 1.807) is 30.4 Å². The van der Waals surface area contributed by atoms with Crippen LogP contribution in [0.1, 0.15) is 11.1 Å². The third-order valence-electron chi connectivity index (χ3n) is 3.22. The number of hydrogen-bond donors (Lipinski definition) is 0. The fourth-order valence-corrected chi connectivity index (χ4v) is 1.98. The molecule has 0 unspecified atom stereocenters. The fourth-order valence-electron chi connectivity index (χ4n) is 1.98. The molecule has 0 N–H and O–H groups in total. The van der Waals surface area contributed by atoms with Crippen LogP contribution in [0.15, 0.2) is 60.7 Å². The third kappa shape index (κ3) is 5.66. The van der Waals surface area contributed by atoms with E-state index in [0.29, 0.717) is 17.1 Å². The molecule has 0 fully saturated rings. The van der Waals surface area contributed by atoms with E-state index in [0.717, 1.165) is 5.56 Å². The quantitative estimate of drug-likeness (QED) is 0.458. The van der Waals surface area contributed by atoms with Gasteiger partial charge >= 0.3 is 11.9 Å². The van der Waals surface area contributed by atoms with Crippen molar-refractivity contribution in [3.63, 3.8) is 0 Å². The molecule has 0 aliphatic carbocycles. The number of carbonyl (C=O) groups is 2. The van der Waals surface area contributed by atoms with Crippen molar-refractivity contribution in [3.8, 4) is 11.5 Å². The Hall–Kier alpha value is -3.34. The van der Waals surface area contributed by atoms with Crippen LogP contribution in [0.4, 0.5) is 0 Å². The van der Waals surface area contributed by atoms with Crippen LogP contribution in [0.25, 0.3) is 12.2 Å². The fraction of sp³-hybridized carbons (Fsp3) is 0.100. The average molecular weight is 338 g/mol. The SMILES string of the molecule is COC(=O)/C=C/c1ccc(OC(=O)/C=C/c2ccccc2)c(OC)c1. The Morgan fingerprint density at radius 1 is 0.800 bits per heavy atom. The Morgan fingerprint density at radius 3 is 2.16 bits per heavy atom. The van der Waals surface area contributed by atoms with Crippen LogP contribution < -0.4 is 9.47 Å². The Morgan fingerprint density at radius 2 is 1.48 bits per heavy atom. The minimum absolute atomic E-state index is 0.292. The van der Waals surface area contributed by atoms with Crippen molar-refractivity contribution in [2.24, 2.45) is 0 Å². The highest BCUT2D eigenvalue weighted by Gasteiger charge is 2.08. The third-order valence-corrected chi connectivity index (χ3v) is 3.22. The van der Waals surface area contributed by atoms with Crippen LogP contribution >= 0.6 is 0 Å². The number of methoxy groups -OCH3 is 2. The lowest BCUT2D eigenvalue weighted by molar-refractivity contribution is -0.134. The molecule has 0 bridgehead atoms. The summed E-state index contributed by atoms with van der Waals surface area (Å²) >= 11 is 0. The maximum Gasteiger partial charge on any atom is 0.336 e. The summed E-state index contributed by atoms with van der Waals surface area (Å²) < 4.78 is 15.1. The van der Waals surface area contributed by atoms with Crippen LogP contribution in [0.3, 0.4) is 0 Å². The maximum atomic E-state index is 12.0. The first-order valence-corrected chi connectivity index (χ1v) is 7.51. The van der Waals surface area contributed by atoms with Gasteiger partial charge in [0.2, 0.25) is 0 Å². The minimum atomic E-state index is -0.514. The predicted molar refractivity (Wildman–Crippen MR) is 95.2 cm³/mol. The first-order chi connectivity index (χ1) is 12.1. The van der Waals surface area contributed by atoms with Gasteiger partial charge in [0, 0.05) is 12.2 Å². The minimum Gasteiger partial charge on any atom is -0.493 e. The highest BCUT2D eigenvalue weighted by molar-refractivity contribution is 5.89. The van der Waals surface area contributed by atoms with Crippen molar-refractivity contribution in [1.82, 2.24) is 0 Å². The highest BCUT2D eigenvalue weighted by Crippen LogP contribution is 2.28. The first kappa shape index (κ1) is 18.0. The van der Waals surface area contributed by atoms with E-state index in [1.807, 2.05) is 30.3 Å². The second kappa shape index (κ2) is 9.08. The van der Waals surface area contributed by atoms with Crippen molar-refractivity contribution >= 4 is 24.1 Å². The second-order valence-electron chi connectivity index (χ2n) is 4.93. The monoisotopic (exact) mass is 338 g/mol. The molecule has 0 saturated carbocycles. The molecule has 2 aromatic rings. The lowest BCUT2D eigenvalue weighted by Crippen LogP contribution is -2.05. The molecule has 0 amide bonds. The number of ether oxygens (including phenoxy) is 3. The molecular formula is C20H18O5. The molecule has 0 saturated heterocycles. The Balaban J connectivity index is 2.08. The van der Waals surface area contributed by atoms with Gasteiger partial charge in [-0.1, -0.05) is 36.4 Å². The van der Waals surface area contributed by atoms with Gasteiger partial charge in [0.05, 0.1) is 14.2 Å². The standard InChI is InChI=1S/C20H18O5/c1-23-18-14-16(10-12-19(21)24-2)8-11-17(18)25-20(22)13-9-15-6-4-3-5-7-15/h3-14H,1-2H3/b12-10+,13-9+. The molecule has 0 spiro atoms. The Kier molecular flexibility index (Phi) is 6.54. The van der Waals surface area contributed by atoms with Gasteiger partial charge in [-0.05, 0) is 35.4 Å². The number of benzene rings is 2. The molecule has 0 aliphatic heterocycles. The van der Waals surface area contributed by atoms with Crippen LogP contribution in [-0.2, 0) is 14.3 Å². The van der Waals surface area contributed by atoms with Gasteiger partial charge in [0.25, 0.3) is 0 Å². The van der Waals surface area contributed by atoms with E-state index in [2.05, 4.69) is 4.74 Å². The highest BCUT2D eigenvalue weighted by atomic mass is 16.6. The van der Waals surface area contributed by atoms with Crippen LogP contribution in [0, 0.1) is 0 Å². The molecule has 128 valence electrons.